The van der Waals surface area contributed by atoms with Gasteiger partial charge in [0.25, 0.3) is 5.56 Å². The normalized spacial score (nSPS) is 10.8. The Balaban J connectivity index is 2.91. The van der Waals surface area contributed by atoms with E-state index in [1.807, 2.05) is 6.92 Å². The van der Waals surface area contributed by atoms with Gasteiger partial charge in [0, 0.05) is 15.5 Å². The molecule has 0 aliphatic carbocycles. The standard InChI is InChI=1S/C14H15IN2O3/c1-3-7-16-17-8(2)11(14(19)20)9-5-4-6-10(15)12(9)13(17)18/h4-6,16H,3,7H2,1-2H3,(H,19,20). The molecule has 2 N–H and O–H groups in total. The number of aromatic nitrogens is 1. The van der Waals surface area contributed by atoms with E-state index in [-0.39, 0.29) is 11.1 Å². The van der Waals surface area contributed by atoms with Gasteiger partial charge in [-0.1, -0.05) is 19.1 Å². The van der Waals surface area contributed by atoms with Crippen molar-refractivity contribution in [3.8, 4) is 0 Å². The fourth-order valence-electron chi connectivity index (χ4n) is 2.20. The summed E-state index contributed by atoms with van der Waals surface area (Å²) < 4.78 is 2.09. The van der Waals surface area contributed by atoms with Gasteiger partial charge in [0.05, 0.1) is 16.6 Å². The molecule has 2 aromatic rings. The van der Waals surface area contributed by atoms with Gasteiger partial charge < -0.3 is 10.5 Å². The summed E-state index contributed by atoms with van der Waals surface area (Å²) in [5.74, 6) is -1.03. The van der Waals surface area contributed by atoms with Gasteiger partial charge in [-0.05, 0) is 42.0 Å². The van der Waals surface area contributed by atoms with E-state index < -0.39 is 5.97 Å². The predicted octanol–water partition coefficient (Wildman–Crippen LogP) is 2.57. The summed E-state index contributed by atoms with van der Waals surface area (Å²) in [6.45, 7) is 4.23. The Morgan fingerprint density at radius 3 is 2.75 bits per heavy atom. The number of aromatic carboxylic acids is 1. The lowest BCUT2D eigenvalue weighted by atomic mass is 10.0. The van der Waals surface area contributed by atoms with Gasteiger partial charge in [-0.2, -0.15) is 0 Å². The van der Waals surface area contributed by atoms with Crippen molar-refractivity contribution in [3.63, 3.8) is 0 Å². The Morgan fingerprint density at radius 1 is 1.45 bits per heavy atom. The minimum atomic E-state index is -1.03. The highest BCUT2D eigenvalue weighted by atomic mass is 127. The molecule has 0 amide bonds. The summed E-state index contributed by atoms with van der Waals surface area (Å²) in [6, 6.07) is 5.24. The SMILES string of the molecule is CCCNn1c(C)c(C(=O)O)c2cccc(I)c2c1=O. The van der Waals surface area contributed by atoms with Crippen LogP contribution in [0.4, 0.5) is 0 Å². The number of nitrogens with one attached hydrogen (secondary N) is 1. The second-order valence-electron chi connectivity index (χ2n) is 4.48. The van der Waals surface area contributed by atoms with E-state index in [2.05, 4.69) is 28.0 Å². The van der Waals surface area contributed by atoms with Crippen molar-refractivity contribution in [1.82, 2.24) is 4.68 Å². The van der Waals surface area contributed by atoms with E-state index in [1.165, 1.54) is 4.68 Å². The van der Waals surface area contributed by atoms with Crippen molar-refractivity contribution in [2.75, 3.05) is 12.0 Å². The first kappa shape index (κ1) is 14.8. The molecule has 2 rings (SSSR count). The molecule has 106 valence electrons. The van der Waals surface area contributed by atoms with Gasteiger partial charge in [0.2, 0.25) is 0 Å². The van der Waals surface area contributed by atoms with Crippen molar-refractivity contribution in [1.29, 1.82) is 0 Å². The second kappa shape index (κ2) is 5.82. The van der Waals surface area contributed by atoms with Crippen LogP contribution in [-0.4, -0.2) is 22.3 Å². The van der Waals surface area contributed by atoms with Crippen LogP contribution in [-0.2, 0) is 0 Å². The fourth-order valence-corrected chi connectivity index (χ4v) is 2.93. The average molecular weight is 386 g/mol. The molecular weight excluding hydrogens is 371 g/mol. The first-order chi connectivity index (χ1) is 9.49. The van der Waals surface area contributed by atoms with E-state index in [1.54, 1.807) is 25.1 Å². The summed E-state index contributed by atoms with van der Waals surface area (Å²) in [5.41, 5.74) is 3.37. The van der Waals surface area contributed by atoms with Gasteiger partial charge in [-0.15, -0.1) is 0 Å². The number of halogens is 1. The summed E-state index contributed by atoms with van der Waals surface area (Å²) >= 11 is 2.06. The van der Waals surface area contributed by atoms with Crippen LogP contribution in [0.1, 0.15) is 29.4 Å². The largest absolute Gasteiger partial charge is 0.478 e. The zero-order valence-corrected chi connectivity index (χ0v) is 13.4. The van der Waals surface area contributed by atoms with Crippen LogP contribution in [0.5, 0.6) is 0 Å². The minimum Gasteiger partial charge on any atom is -0.478 e. The number of fused-ring (bicyclic) bond motifs is 1. The van der Waals surface area contributed by atoms with Crippen molar-refractivity contribution < 1.29 is 9.90 Å². The second-order valence-corrected chi connectivity index (χ2v) is 5.64. The number of hydrogen-bond acceptors (Lipinski definition) is 3. The number of carboxylic acids is 1. The Bertz CT molecular complexity index is 737. The van der Waals surface area contributed by atoms with Gasteiger partial charge in [0.1, 0.15) is 0 Å². The van der Waals surface area contributed by atoms with Crippen LogP contribution in [0.15, 0.2) is 23.0 Å². The molecule has 0 aliphatic rings. The van der Waals surface area contributed by atoms with E-state index in [9.17, 15) is 14.7 Å². The minimum absolute atomic E-state index is 0.168. The molecule has 1 heterocycles. The lowest BCUT2D eigenvalue weighted by molar-refractivity contribution is 0.0697. The molecule has 0 saturated carbocycles. The lowest BCUT2D eigenvalue weighted by Crippen LogP contribution is -2.33. The molecule has 0 spiro atoms. The molecule has 1 aromatic heterocycles. The van der Waals surface area contributed by atoms with Crippen LogP contribution in [0, 0.1) is 10.5 Å². The van der Waals surface area contributed by atoms with Crippen LogP contribution < -0.4 is 11.0 Å². The number of benzene rings is 1. The van der Waals surface area contributed by atoms with Crippen LogP contribution in [0.25, 0.3) is 10.8 Å². The zero-order valence-electron chi connectivity index (χ0n) is 11.2. The third kappa shape index (κ3) is 2.39. The molecule has 0 fully saturated rings. The maximum absolute atomic E-state index is 12.6. The first-order valence-corrected chi connectivity index (χ1v) is 7.38. The molecule has 1 aromatic carbocycles. The van der Waals surface area contributed by atoms with Crippen LogP contribution >= 0.6 is 22.6 Å². The number of rotatable bonds is 4. The molecule has 0 aliphatic heterocycles. The lowest BCUT2D eigenvalue weighted by Gasteiger charge is -2.16. The van der Waals surface area contributed by atoms with Gasteiger partial charge >= 0.3 is 5.97 Å². The van der Waals surface area contributed by atoms with Gasteiger partial charge in [-0.25, -0.2) is 9.47 Å². The predicted molar refractivity (Wildman–Crippen MR) is 87.1 cm³/mol. The smallest absolute Gasteiger partial charge is 0.338 e. The highest BCUT2D eigenvalue weighted by Gasteiger charge is 2.19. The zero-order chi connectivity index (χ0) is 14.9. The number of carboxylic acid groups (broad SMARTS) is 1. The maximum atomic E-state index is 12.6. The van der Waals surface area contributed by atoms with E-state index in [0.717, 1.165) is 9.99 Å². The first-order valence-electron chi connectivity index (χ1n) is 6.30. The molecule has 20 heavy (non-hydrogen) atoms. The molecule has 0 radical (unpaired) electrons. The molecular formula is C14H15IN2O3. The third-order valence-electron chi connectivity index (χ3n) is 3.13. The number of carbonyl (C=O) groups is 1. The summed E-state index contributed by atoms with van der Waals surface area (Å²) in [6.07, 6.45) is 0.845. The summed E-state index contributed by atoms with van der Waals surface area (Å²) in [4.78, 5) is 24.1. The van der Waals surface area contributed by atoms with Crippen molar-refractivity contribution in [3.05, 3.63) is 43.4 Å². The molecule has 0 unspecified atom stereocenters. The molecule has 5 nitrogen and oxygen atoms in total. The highest BCUT2D eigenvalue weighted by Crippen LogP contribution is 2.23. The Labute approximate surface area is 129 Å². The summed E-state index contributed by atoms with van der Waals surface area (Å²) in [7, 11) is 0. The topological polar surface area (TPSA) is 71.3 Å². The monoisotopic (exact) mass is 386 g/mol. The Morgan fingerprint density at radius 2 is 2.15 bits per heavy atom. The number of hydrogen-bond donors (Lipinski definition) is 2. The van der Waals surface area contributed by atoms with E-state index >= 15 is 0 Å². The maximum Gasteiger partial charge on any atom is 0.338 e. The molecule has 0 bridgehead atoms. The summed E-state index contributed by atoms with van der Waals surface area (Å²) in [5, 5.41) is 10.4. The van der Waals surface area contributed by atoms with Gasteiger partial charge in [-0.3, -0.25) is 4.79 Å². The Kier molecular flexibility index (Phi) is 4.32. The van der Waals surface area contributed by atoms with E-state index in [4.69, 9.17) is 0 Å². The van der Waals surface area contributed by atoms with Crippen LogP contribution in [0.3, 0.4) is 0 Å². The van der Waals surface area contributed by atoms with Crippen LogP contribution in [0.2, 0.25) is 0 Å². The highest BCUT2D eigenvalue weighted by molar-refractivity contribution is 14.1. The molecule has 0 atom stereocenters. The number of nitrogens with zero attached hydrogens (tertiary/aromatic N) is 1. The van der Waals surface area contributed by atoms with Gasteiger partial charge in [0.15, 0.2) is 0 Å². The third-order valence-corrected chi connectivity index (χ3v) is 4.03. The van der Waals surface area contributed by atoms with Crippen molar-refractivity contribution in [2.24, 2.45) is 0 Å². The quantitative estimate of drug-likeness (QED) is 0.793. The Hall–Kier alpha value is -1.57. The van der Waals surface area contributed by atoms with Crippen molar-refractivity contribution in [2.45, 2.75) is 20.3 Å². The van der Waals surface area contributed by atoms with Crippen molar-refractivity contribution >= 4 is 39.3 Å². The van der Waals surface area contributed by atoms with E-state index in [0.29, 0.717) is 23.0 Å². The number of pyridine rings is 1. The molecule has 0 saturated heterocycles. The fraction of sp³-hybridized carbons (Fsp3) is 0.286. The average Bonchev–Trinajstić information content (AvgIpc) is 2.38. The molecule has 6 heteroatoms.